The molecule has 2 atom stereocenters. The Morgan fingerprint density at radius 3 is 2.37 bits per heavy atom. The number of nitrogens with zero attached hydrogens (tertiary/aromatic N) is 1. The lowest BCUT2D eigenvalue weighted by Gasteiger charge is -2.35. The van der Waals surface area contributed by atoms with Crippen LogP contribution in [0.5, 0.6) is 0 Å². The number of amides is 1. The first-order valence-electron chi connectivity index (χ1n) is 9.37. The molecule has 1 N–H and O–H groups in total. The summed E-state index contributed by atoms with van der Waals surface area (Å²) in [5.41, 5.74) is 0.570. The van der Waals surface area contributed by atoms with E-state index in [4.69, 9.17) is 0 Å². The topological polar surface area (TPSA) is 83.5 Å². The van der Waals surface area contributed by atoms with E-state index in [9.17, 15) is 18.0 Å². The fourth-order valence-corrected chi connectivity index (χ4v) is 6.08. The van der Waals surface area contributed by atoms with Gasteiger partial charge in [0.1, 0.15) is 0 Å². The van der Waals surface area contributed by atoms with Gasteiger partial charge in [-0.25, -0.2) is 8.42 Å². The maximum absolute atomic E-state index is 12.3. The summed E-state index contributed by atoms with van der Waals surface area (Å²) >= 11 is 3.32. The Morgan fingerprint density at radius 2 is 1.70 bits per heavy atom. The molecule has 0 aliphatic carbocycles. The molecule has 0 spiro atoms. The van der Waals surface area contributed by atoms with Crippen molar-refractivity contribution in [1.82, 2.24) is 10.2 Å². The van der Waals surface area contributed by atoms with E-state index in [0.717, 1.165) is 30.4 Å². The van der Waals surface area contributed by atoms with Gasteiger partial charge in [0.25, 0.3) is 0 Å². The van der Waals surface area contributed by atoms with Gasteiger partial charge in [-0.2, -0.15) is 0 Å². The quantitative estimate of drug-likeness (QED) is 0.663. The van der Waals surface area contributed by atoms with Crippen LogP contribution in [-0.2, 0) is 14.6 Å². The third-order valence-corrected chi connectivity index (χ3v) is 7.52. The summed E-state index contributed by atoms with van der Waals surface area (Å²) in [7, 11) is -3.15. The van der Waals surface area contributed by atoms with Gasteiger partial charge in [-0.1, -0.05) is 34.5 Å². The van der Waals surface area contributed by atoms with Crippen molar-refractivity contribution in [1.29, 1.82) is 0 Å². The predicted octanol–water partition coefficient (Wildman–Crippen LogP) is 2.18. The number of sulfone groups is 1. The second-order valence-corrected chi connectivity index (χ2v) is 10.4. The summed E-state index contributed by atoms with van der Waals surface area (Å²) in [6.45, 7) is 1.77. The molecule has 2 heterocycles. The summed E-state index contributed by atoms with van der Waals surface area (Å²) in [4.78, 5) is 26.8. The van der Waals surface area contributed by atoms with Crippen LogP contribution in [0.1, 0.15) is 42.5 Å². The molecule has 2 saturated heterocycles. The van der Waals surface area contributed by atoms with Gasteiger partial charge in [0.2, 0.25) is 5.91 Å². The minimum absolute atomic E-state index is 0.0133. The zero-order valence-corrected chi connectivity index (χ0v) is 17.6. The van der Waals surface area contributed by atoms with E-state index < -0.39 is 9.84 Å². The lowest BCUT2D eigenvalue weighted by molar-refractivity contribution is -0.122. The van der Waals surface area contributed by atoms with Crippen molar-refractivity contribution in [2.24, 2.45) is 0 Å². The van der Waals surface area contributed by atoms with Crippen LogP contribution >= 0.6 is 15.9 Å². The van der Waals surface area contributed by atoms with Crippen molar-refractivity contribution in [2.45, 2.75) is 44.2 Å². The van der Waals surface area contributed by atoms with Crippen molar-refractivity contribution in [2.75, 3.05) is 24.6 Å². The second-order valence-electron chi connectivity index (χ2n) is 7.34. The molecule has 0 radical (unpaired) electrons. The number of hydrogen-bond donors (Lipinski definition) is 1. The van der Waals surface area contributed by atoms with Gasteiger partial charge in [0.15, 0.2) is 15.6 Å². The second kappa shape index (κ2) is 8.84. The van der Waals surface area contributed by atoms with Gasteiger partial charge in [-0.15, -0.1) is 0 Å². The number of carbonyl (C=O) groups excluding carboxylic acids is 2. The minimum Gasteiger partial charge on any atom is -0.351 e. The fourth-order valence-electron chi connectivity index (χ4n) is 3.86. The van der Waals surface area contributed by atoms with Gasteiger partial charge in [0, 0.05) is 28.9 Å². The van der Waals surface area contributed by atoms with Gasteiger partial charge in [-0.3, -0.25) is 14.5 Å². The van der Waals surface area contributed by atoms with Crippen molar-refractivity contribution in [3.8, 4) is 0 Å². The van der Waals surface area contributed by atoms with Crippen molar-refractivity contribution >= 4 is 37.5 Å². The average molecular weight is 457 g/mol. The Balaban J connectivity index is 1.55. The van der Waals surface area contributed by atoms with Crippen LogP contribution in [-0.4, -0.2) is 61.7 Å². The highest BCUT2D eigenvalue weighted by molar-refractivity contribution is 9.10. The van der Waals surface area contributed by atoms with E-state index >= 15 is 0 Å². The number of ketones is 1. The van der Waals surface area contributed by atoms with E-state index in [1.165, 1.54) is 6.42 Å². The van der Waals surface area contributed by atoms with Gasteiger partial charge in [-0.05, 0) is 38.1 Å². The number of Topliss-reactive ketones (excluding diaryl/α,β-unsaturated/α-hetero) is 1. The first-order chi connectivity index (χ1) is 12.8. The van der Waals surface area contributed by atoms with E-state index in [2.05, 4.69) is 26.1 Å². The summed E-state index contributed by atoms with van der Waals surface area (Å²) < 4.78 is 25.1. The number of hydrogen-bond acceptors (Lipinski definition) is 5. The van der Waals surface area contributed by atoms with Crippen LogP contribution in [0.3, 0.4) is 0 Å². The number of benzene rings is 1. The molecule has 2 aliphatic heterocycles. The van der Waals surface area contributed by atoms with E-state index in [1.807, 2.05) is 0 Å². The van der Waals surface area contributed by atoms with Gasteiger partial charge >= 0.3 is 0 Å². The highest BCUT2D eigenvalue weighted by Gasteiger charge is 2.41. The molecular weight excluding hydrogens is 432 g/mol. The Morgan fingerprint density at radius 1 is 1.04 bits per heavy atom. The standard InChI is InChI=1S/C19H25BrN2O4S/c20-15-6-4-14(5-7-15)18(23)8-9-19(24)21-16-12-27(25,26)13-17(16)22-10-2-1-3-11-22/h4-7,16-17H,1-3,8-13H2,(H,21,24). The van der Waals surface area contributed by atoms with Crippen LogP contribution in [0.4, 0.5) is 0 Å². The number of rotatable bonds is 6. The molecule has 27 heavy (non-hydrogen) atoms. The van der Waals surface area contributed by atoms with Gasteiger partial charge in [0.05, 0.1) is 17.5 Å². The van der Waals surface area contributed by atoms with Crippen molar-refractivity contribution < 1.29 is 18.0 Å². The fraction of sp³-hybridized carbons (Fsp3) is 0.579. The summed E-state index contributed by atoms with van der Waals surface area (Å²) in [6.07, 6.45) is 3.49. The third-order valence-electron chi connectivity index (χ3n) is 5.27. The molecular formula is C19H25BrN2O4S. The Hall–Kier alpha value is -1.25. The molecule has 0 aromatic heterocycles. The molecule has 1 aromatic rings. The molecule has 2 fully saturated rings. The van der Waals surface area contributed by atoms with E-state index in [-0.39, 0.29) is 48.1 Å². The zero-order valence-electron chi connectivity index (χ0n) is 15.2. The molecule has 0 saturated carbocycles. The number of carbonyl (C=O) groups is 2. The van der Waals surface area contributed by atoms with E-state index in [1.54, 1.807) is 24.3 Å². The van der Waals surface area contributed by atoms with Crippen LogP contribution in [0.25, 0.3) is 0 Å². The molecule has 1 aromatic carbocycles. The smallest absolute Gasteiger partial charge is 0.220 e. The lowest BCUT2D eigenvalue weighted by atomic mass is 10.0. The predicted molar refractivity (Wildman–Crippen MR) is 108 cm³/mol. The highest BCUT2D eigenvalue weighted by atomic mass is 79.9. The average Bonchev–Trinajstić information content (AvgIpc) is 2.95. The maximum Gasteiger partial charge on any atom is 0.220 e. The molecule has 148 valence electrons. The largest absolute Gasteiger partial charge is 0.351 e. The highest BCUT2D eigenvalue weighted by Crippen LogP contribution is 2.22. The first-order valence-corrected chi connectivity index (χ1v) is 12.0. The SMILES string of the molecule is O=C(CCC(=O)c1ccc(Br)cc1)NC1CS(=O)(=O)CC1N1CCCCC1. The van der Waals surface area contributed by atoms with Gasteiger partial charge < -0.3 is 5.32 Å². The summed E-state index contributed by atoms with van der Waals surface area (Å²) in [5, 5.41) is 2.88. The van der Waals surface area contributed by atoms with Crippen molar-refractivity contribution in [3.63, 3.8) is 0 Å². The normalized spacial score (nSPS) is 25.2. The Kier molecular flexibility index (Phi) is 6.70. The maximum atomic E-state index is 12.3. The number of halogens is 1. The molecule has 3 rings (SSSR count). The molecule has 0 bridgehead atoms. The number of piperidine rings is 1. The van der Waals surface area contributed by atoms with Crippen LogP contribution in [0.15, 0.2) is 28.7 Å². The first kappa shape index (κ1) is 20.5. The summed E-state index contributed by atoms with van der Waals surface area (Å²) in [6, 6.07) is 6.49. The summed E-state index contributed by atoms with van der Waals surface area (Å²) in [5.74, 6) is -0.259. The van der Waals surface area contributed by atoms with Crippen LogP contribution < -0.4 is 5.32 Å². The van der Waals surface area contributed by atoms with Crippen molar-refractivity contribution in [3.05, 3.63) is 34.3 Å². The zero-order chi connectivity index (χ0) is 19.4. The molecule has 2 aliphatic rings. The van der Waals surface area contributed by atoms with Crippen LogP contribution in [0.2, 0.25) is 0 Å². The molecule has 8 heteroatoms. The Bertz CT molecular complexity index is 788. The lowest BCUT2D eigenvalue weighted by Crippen LogP contribution is -2.52. The molecule has 2 unspecified atom stereocenters. The third kappa shape index (κ3) is 5.62. The number of nitrogens with one attached hydrogen (secondary N) is 1. The minimum atomic E-state index is -3.15. The van der Waals surface area contributed by atoms with E-state index in [0.29, 0.717) is 5.56 Å². The molecule has 1 amide bonds. The number of likely N-dealkylation sites (tertiary alicyclic amines) is 1. The monoisotopic (exact) mass is 456 g/mol. The van der Waals surface area contributed by atoms with Crippen LogP contribution in [0, 0.1) is 0 Å². The Labute approximate surface area is 168 Å². The molecule has 6 nitrogen and oxygen atoms in total.